The summed E-state index contributed by atoms with van der Waals surface area (Å²) in [6.07, 6.45) is 6.71. The standard InChI is InChI=1S/C20H29NO4/c1-4-25-20(22)21-11-10-15-12-17(23-2)18(24-3)13-16(15)19(21)14-8-6-5-7-9-14/h12-14,19H,4-11H2,1-3H3. The second kappa shape index (κ2) is 7.98. The second-order valence-corrected chi connectivity index (χ2v) is 6.89. The van der Waals surface area contributed by atoms with Crippen LogP contribution in [0.4, 0.5) is 4.79 Å². The van der Waals surface area contributed by atoms with Crippen LogP contribution in [0.1, 0.15) is 56.2 Å². The highest BCUT2D eigenvalue weighted by Crippen LogP contribution is 2.45. The summed E-state index contributed by atoms with van der Waals surface area (Å²) in [5.41, 5.74) is 2.46. The first-order chi connectivity index (χ1) is 12.2. The lowest BCUT2D eigenvalue weighted by atomic mass is 9.77. The summed E-state index contributed by atoms with van der Waals surface area (Å²) in [6, 6.07) is 4.22. The van der Waals surface area contributed by atoms with Gasteiger partial charge in [0.2, 0.25) is 0 Å². The number of methoxy groups -OCH3 is 2. The Hall–Kier alpha value is -1.91. The molecule has 0 N–H and O–H groups in total. The van der Waals surface area contributed by atoms with Crippen molar-refractivity contribution in [3.8, 4) is 11.5 Å². The molecular formula is C20H29NO4. The molecule has 0 bridgehead atoms. The average molecular weight is 347 g/mol. The molecule has 1 aliphatic heterocycles. The van der Waals surface area contributed by atoms with Gasteiger partial charge in [-0.1, -0.05) is 19.3 Å². The minimum atomic E-state index is -0.196. The first-order valence-corrected chi connectivity index (χ1v) is 9.37. The number of carbonyl (C=O) groups excluding carboxylic acids is 1. The smallest absolute Gasteiger partial charge is 0.410 e. The van der Waals surface area contributed by atoms with Crippen molar-refractivity contribution in [1.82, 2.24) is 4.90 Å². The molecule has 1 atom stereocenters. The zero-order valence-electron chi connectivity index (χ0n) is 15.5. The van der Waals surface area contributed by atoms with Crippen LogP contribution in [0.3, 0.4) is 0 Å². The Morgan fingerprint density at radius 2 is 1.80 bits per heavy atom. The van der Waals surface area contributed by atoms with Crippen molar-refractivity contribution in [1.29, 1.82) is 0 Å². The van der Waals surface area contributed by atoms with Crippen LogP contribution < -0.4 is 9.47 Å². The minimum Gasteiger partial charge on any atom is -0.493 e. The summed E-state index contributed by atoms with van der Waals surface area (Å²) in [4.78, 5) is 14.5. The zero-order valence-corrected chi connectivity index (χ0v) is 15.5. The molecule has 3 rings (SSSR count). The van der Waals surface area contributed by atoms with Crippen molar-refractivity contribution in [3.63, 3.8) is 0 Å². The molecule has 1 amide bonds. The zero-order chi connectivity index (χ0) is 17.8. The van der Waals surface area contributed by atoms with Gasteiger partial charge < -0.3 is 19.1 Å². The third kappa shape index (κ3) is 3.55. The van der Waals surface area contributed by atoms with Crippen LogP contribution in [0.2, 0.25) is 0 Å². The van der Waals surface area contributed by atoms with Gasteiger partial charge >= 0.3 is 6.09 Å². The maximum absolute atomic E-state index is 12.6. The molecule has 5 nitrogen and oxygen atoms in total. The third-order valence-corrected chi connectivity index (χ3v) is 5.52. The number of ether oxygens (including phenoxy) is 3. The molecule has 1 aliphatic carbocycles. The Balaban J connectivity index is 2.01. The van der Waals surface area contributed by atoms with Crippen molar-refractivity contribution < 1.29 is 19.0 Å². The van der Waals surface area contributed by atoms with E-state index in [2.05, 4.69) is 12.1 Å². The van der Waals surface area contributed by atoms with Crippen molar-refractivity contribution in [2.45, 2.75) is 51.5 Å². The largest absolute Gasteiger partial charge is 0.493 e. The Morgan fingerprint density at radius 1 is 1.12 bits per heavy atom. The first kappa shape index (κ1) is 17.9. The Morgan fingerprint density at radius 3 is 2.44 bits per heavy atom. The van der Waals surface area contributed by atoms with E-state index in [-0.39, 0.29) is 12.1 Å². The van der Waals surface area contributed by atoms with Crippen molar-refractivity contribution >= 4 is 6.09 Å². The lowest BCUT2D eigenvalue weighted by Crippen LogP contribution is -2.44. The number of hydrogen-bond acceptors (Lipinski definition) is 4. The Bertz CT molecular complexity index is 610. The van der Waals surface area contributed by atoms with Crippen LogP contribution in [0.15, 0.2) is 12.1 Å². The van der Waals surface area contributed by atoms with Crippen LogP contribution in [0.5, 0.6) is 11.5 Å². The molecule has 2 aliphatic rings. The third-order valence-electron chi connectivity index (χ3n) is 5.52. The van der Waals surface area contributed by atoms with Crippen molar-refractivity contribution in [2.24, 2.45) is 5.92 Å². The molecule has 1 aromatic carbocycles. The summed E-state index contributed by atoms with van der Waals surface area (Å²) in [5, 5.41) is 0. The van der Waals surface area contributed by atoms with E-state index in [9.17, 15) is 4.79 Å². The molecule has 1 saturated carbocycles. The van der Waals surface area contributed by atoms with Gasteiger partial charge in [0.15, 0.2) is 11.5 Å². The summed E-state index contributed by atoms with van der Waals surface area (Å²) in [7, 11) is 3.32. The molecular weight excluding hydrogens is 318 g/mol. The quantitative estimate of drug-likeness (QED) is 0.813. The predicted octanol–water partition coefficient (Wildman–Crippen LogP) is 4.34. The van der Waals surface area contributed by atoms with Gasteiger partial charge in [0.05, 0.1) is 26.9 Å². The number of hydrogen-bond donors (Lipinski definition) is 0. The van der Waals surface area contributed by atoms with E-state index < -0.39 is 0 Å². The van der Waals surface area contributed by atoms with Crippen LogP contribution in [0.25, 0.3) is 0 Å². The minimum absolute atomic E-state index is 0.0721. The van der Waals surface area contributed by atoms with E-state index in [4.69, 9.17) is 14.2 Å². The normalized spacial score (nSPS) is 20.8. The fourth-order valence-electron chi connectivity index (χ4n) is 4.35. The lowest BCUT2D eigenvalue weighted by Gasteiger charge is -2.42. The summed E-state index contributed by atoms with van der Waals surface area (Å²) < 4.78 is 16.3. The van der Waals surface area contributed by atoms with E-state index in [1.807, 2.05) is 11.8 Å². The number of nitrogens with zero attached hydrogens (tertiary/aromatic N) is 1. The number of benzene rings is 1. The van der Waals surface area contributed by atoms with Gasteiger partial charge in [0.1, 0.15) is 0 Å². The molecule has 25 heavy (non-hydrogen) atoms. The van der Waals surface area contributed by atoms with E-state index in [0.717, 1.165) is 30.8 Å². The number of amides is 1. The molecule has 1 aromatic rings. The Labute approximate surface area is 150 Å². The van der Waals surface area contributed by atoms with Crippen molar-refractivity contribution in [2.75, 3.05) is 27.4 Å². The van der Waals surface area contributed by atoms with Gasteiger partial charge in [-0.15, -0.1) is 0 Å². The fraction of sp³-hybridized carbons (Fsp3) is 0.650. The highest BCUT2D eigenvalue weighted by Gasteiger charge is 2.38. The maximum Gasteiger partial charge on any atom is 0.410 e. The summed E-state index contributed by atoms with van der Waals surface area (Å²) >= 11 is 0. The van der Waals surface area contributed by atoms with Crippen LogP contribution in [-0.4, -0.2) is 38.4 Å². The van der Waals surface area contributed by atoms with Crippen LogP contribution >= 0.6 is 0 Å². The first-order valence-electron chi connectivity index (χ1n) is 9.37. The topological polar surface area (TPSA) is 48.0 Å². The van der Waals surface area contributed by atoms with E-state index in [1.54, 1.807) is 14.2 Å². The monoisotopic (exact) mass is 347 g/mol. The number of fused-ring (bicyclic) bond motifs is 1. The molecule has 1 fully saturated rings. The fourth-order valence-corrected chi connectivity index (χ4v) is 4.35. The van der Waals surface area contributed by atoms with Crippen LogP contribution in [0, 0.1) is 5.92 Å². The van der Waals surface area contributed by atoms with Gasteiger partial charge in [0.25, 0.3) is 0 Å². The Kier molecular flexibility index (Phi) is 5.71. The summed E-state index contributed by atoms with van der Waals surface area (Å²) in [5.74, 6) is 1.97. The maximum atomic E-state index is 12.6. The van der Waals surface area contributed by atoms with Gasteiger partial charge in [0, 0.05) is 6.54 Å². The van der Waals surface area contributed by atoms with Crippen LogP contribution in [-0.2, 0) is 11.2 Å². The molecule has 0 aromatic heterocycles. The molecule has 0 saturated heterocycles. The lowest BCUT2D eigenvalue weighted by molar-refractivity contribution is 0.0629. The predicted molar refractivity (Wildman–Crippen MR) is 96.3 cm³/mol. The molecule has 1 heterocycles. The van der Waals surface area contributed by atoms with E-state index >= 15 is 0 Å². The van der Waals surface area contributed by atoms with E-state index in [1.165, 1.54) is 30.4 Å². The van der Waals surface area contributed by atoms with Crippen molar-refractivity contribution in [3.05, 3.63) is 23.3 Å². The summed E-state index contributed by atoms with van der Waals surface area (Å²) in [6.45, 7) is 2.97. The molecule has 138 valence electrons. The van der Waals surface area contributed by atoms with Gasteiger partial charge in [-0.25, -0.2) is 4.79 Å². The van der Waals surface area contributed by atoms with Gasteiger partial charge in [-0.05, 0) is 55.4 Å². The highest BCUT2D eigenvalue weighted by molar-refractivity contribution is 5.69. The van der Waals surface area contributed by atoms with E-state index in [0.29, 0.717) is 19.1 Å². The highest BCUT2D eigenvalue weighted by atomic mass is 16.6. The second-order valence-electron chi connectivity index (χ2n) is 6.89. The average Bonchev–Trinajstić information content (AvgIpc) is 2.66. The number of carbonyl (C=O) groups is 1. The molecule has 0 spiro atoms. The SMILES string of the molecule is CCOC(=O)N1CCc2cc(OC)c(OC)cc2C1C1CCCCC1. The molecule has 5 heteroatoms. The van der Waals surface area contributed by atoms with Gasteiger partial charge in [-0.3, -0.25) is 0 Å². The molecule has 0 radical (unpaired) electrons. The molecule has 1 unspecified atom stereocenters. The van der Waals surface area contributed by atoms with Gasteiger partial charge in [-0.2, -0.15) is 0 Å². The number of rotatable bonds is 4.